The van der Waals surface area contributed by atoms with Crippen molar-refractivity contribution in [1.82, 2.24) is 5.32 Å². The fourth-order valence-electron chi connectivity index (χ4n) is 1.82. The predicted octanol–water partition coefficient (Wildman–Crippen LogP) is 3.12. The van der Waals surface area contributed by atoms with Gasteiger partial charge in [0.1, 0.15) is 23.5 Å². The van der Waals surface area contributed by atoms with Gasteiger partial charge in [0.05, 0.1) is 13.7 Å². The molecule has 0 spiro atoms. The topological polar surface area (TPSA) is 47.6 Å². The number of rotatable bonds is 6. The lowest BCUT2D eigenvalue weighted by Crippen LogP contribution is -2.33. The third-order valence-corrected chi connectivity index (χ3v) is 3.21. The van der Waals surface area contributed by atoms with Crippen molar-refractivity contribution in [3.05, 3.63) is 23.8 Å². The minimum Gasteiger partial charge on any atom is -0.497 e. The van der Waals surface area contributed by atoms with Crippen LogP contribution in [-0.2, 0) is 10.2 Å². The second kappa shape index (κ2) is 7.55. The molecule has 5 heteroatoms. The van der Waals surface area contributed by atoms with Crippen molar-refractivity contribution in [3.63, 3.8) is 0 Å². The first-order valence-electron chi connectivity index (χ1n) is 6.99. The molecular formula is C16H24ClNO3. The summed E-state index contributed by atoms with van der Waals surface area (Å²) in [6, 6.07) is 5.74. The minimum absolute atomic E-state index is 0.0578. The molecule has 4 nitrogen and oxygen atoms in total. The first-order valence-corrected chi connectivity index (χ1v) is 7.42. The first-order chi connectivity index (χ1) is 9.75. The van der Waals surface area contributed by atoms with Crippen LogP contribution in [0.1, 0.15) is 33.3 Å². The molecule has 1 atom stereocenters. The Morgan fingerprint density at radius 1 is 1.38 bits per heavy atom. The number of hydrogen-bond acceptors (Lipinski definition) is 3. The molecule has 21 heavy (non-hydrogen) atoms. The Kier molecular flexibility index (Phi) is 6.34. The number of carbonyl (C=O) groups is 1. The Hall–Kier alpha value is -1.42. The summed E-state index contributed by atoms with van der Waals surface area (Å²) in [5.41, 5.74) is 1.01. The smallest absolute Gasteiger partial charge is 0.237 e. The molecule has 0 saturated heterocycles. The fourth-order valence-corrected chi connectivity index (χ4v) is 1.90. The number of alkyl halides is 1. The van der Waals surface area contributed by atoms with Gasteiger partial charge in [-0.05, 0) is 30.5 Å². The summed E-state index contributed by atoms with van der Waals surface area (Å²) >= 11 is 5.68. The van der Waals surface area contributed by atoms with Crippen LogP contribution in [0.5, 0.6) is 11.5 Å². The molecule has 0 saturated carbocycles. The zero-order chi connectivity index (χ0) is 16.0. The van der Waals surface area contributed by atoms with E-state index in [1.807, 2.05) is 18.2 Å². The normalized spacial score (nSPS) is 12.7. The van der Waals surface area contributed by atoms with Crippen molar-refractivity contribution < 1.29 is 14.3 Å². The molecule has 1 amide bonds. The molecule has 0 aliphatic rings. The molecule has 0 aliphatic heterocycles. The highest BCUT2D eigenvalue weighted by Crippen LogP contribution is 2.34. The number of carbonyl (C=O) groups excluding carboxylic acids is 1. The average Bonchev–Trinajstić information content (AvgIpc) is 2.42. The molecule has 0 aliphatic carbocycles. The highest BCUT2D eigenvalue weighted by atomic mass is 35.5. The van der Waals surface area contributed by atoms with Gasteiger partial charge in [0.25, 0.3) is 0 Å². The minimum atomic E-state index is -0.531. The zero-order valence-electron chi connectivity index (χ0n) is 13.3. The number of halogens is 1. The zero-order valence-corrected chi connectivity index (χ0v) is 14.1. The van der Waals surface area contributed by atoms with E-state index >= 15 is 0 Å². The van der Waals surface area contributed by atoms with Crippen LogP contribution in [0.4, 0.5) is 0 Å². The lowest BCUT2D eigenvalue weighted by atomic mass is 9.86. The number of methoxy groups -OCH3 is 1. The van der Waals surface area contributed by atoms with Crippen molar-refractivity contribution in [2.75, 3.05) is 20.3 Å². The third-order valence-electron chi connectivity index (χ3n) is 3.01. The summed E-state index contributed by atoms with van der Waals surface area (Å²) in [4.78, 5) is 11.3. The highest BCUT2D eigenvalue weighted by Gasteiger charge is 2.20. The number of amides is 1. The molecule has 1 rings (SSSR count). The summed E-state index contributed by atoms with van der Waals surface area (Å²) in [6.07, 6.45) is 0. The summed E-state index contributed by atoms with van der Waals surface area (Å²) < 4.78 is 11.0. The van der Waals surface area contributed by atoms with E-state index in [2.05, 4.69) is 26.1 Å². The SMILES string of the molecule is COc1ccc(OCCNC(=O)C(C)Cl)c(C(C)(C)C)c1. The molecular weight excluding hydrogens is 290 g/mol. The Balaban J connectivity index is 2.68. The van der Waals surface area contributed by atoms with E-state index in [-0.39, 0.29) is 11.3 Å². The fraction of sp³-hybridized carbons (Fsp3) is 0.562. The standard InChI is InChI=1S/C16H24ClNO3/c1-11(17)15(19)18-8-9-21-14-7-6-12(20-5)10-13(14)16(2,3)4/h6-7,10-11H,8-9H2,1-5H3,(H,18,19). The Bertz CT molecular complexity index is 481. The van der Waals surface area contributed by atoms with E-state index < -0.39 is 5.38 Å². The van der Waals surface area contributed by atoms with Crippen LogP contribution in [0, 0.1) is 0 Å². The molecule has 1 aromatic carbocycles. The van der Waals surface area contributed by atoms with Gasteiger partial charge in [-0.2, -0.15) is 0 Å². The summed E-state index contributed by atoms with van der Waals surface area (Å²) in [5, 5.41) is 2.18. The second-order valence-electron chi connectivity index (χ2n) is 5.87. The summed E-state index contributed by atoms with van der Waals surface area (Å²) in [7, 11) is 1.64. The van der Waals surface area contributed by atoms with Crippen molar-refractivity contribution in [1.29, 1.82) is 0 Å². The van der Waals surface area contributed by atoms with Gasteiger partial charge in [0, 0.05) is 5.56 Å². The number of benzene rings is 1. The predicted molar refractivity (Wildman–Crippen MR) is 85.5 cm³/mol. The first kappa shape index (κ1) is 17.6. The van der Waals surface area contributed by atoms with Gasteiger partial charge < -0.3 is 14.8 Å². The van der Waals surface area contributed by atoms with Gasteiger partial charge in [-0.15, -0.1) is 11.6 Å². The molecule has 0 fully saturated rings. The Morgan fingerprint density at radius 3 is 2.57 bits per heavy atom. The van der Waals surface area contributed by atoms with Crippen LogP contribution >= 0.6 is 11.6 Å². The maximum Gasteiger partial charge on any atom is 0.237 e. The maximum atomic E-state index is 11.3. The van der Waals surface area contributed by atoms with Gasteiger partial charge in [0.15, 0.2) is 0 Å². The Labute approximate surface area is 131 Å². The van der Waals surface area contributed by atoms with Gasteiger partial charge in [-0.25, -0.2) is 0 Å². The number of ether oxygens (including phenoxy) is 2. The van der Waals surface area contributed by atoms with E-state index in [0.29, 0.717) is 13.2 Å². The van der Waals surface area contributed by atoms with E-state index in [1.54, 1.807) is 14.0 Å². The highest BCUT2D eigenvalue weighted by molar-refractivity contribution is 6.30. The van der Waals surface area contributed by atoms with Crippen LogP contribution in [0.15, 0.2) is 18.2 Å². The van der Waals surface area contributed by atoms with Crippen LogP contribution in [0.3, 0.4) is 0 Å². The second-order valence-corrected chi connectivity index (χ2v) is 6.52. The van der Waals surface area contributed by atoms with E-state index in [1.165, 1.54) is 0 Å². The molecule has 1 N–H and O–H groups in total. The van der Waals surface area contributed by atoms with Crippen molar-refractivity contribution in [2.24, 2.45) is 0 Å². The van der Waals surface area contributed by atoms with E-state index in [4.69, 9.17) is 21.1 Å². The van der Waals surface area contributed by atoms with Gasteiger partial charge >= 0.3 is 0 Å². The van der Waals surface area contributed by atoms with Crippen molar-refractivity contribution >= 4 is 17.5 Å². The van der Waals surface area contributed by atoms with E-state index in [0.717, 1.165) is 17.1 Å². The summed E-state index contributed by atoms with van der Waals surface area (Å²) in [6.45, 7) is 8.80. The van der Waals surface area contributed by atoms with Crippen molar-refractivity contribution in [3.8, 4) is 11.5 Å². The average molecular weight is 314 g/mol. The van der Waals surface area contributed by atoms with Gasteiger partial charge in [0.2, 0.25) is 5.91 Å². The van der Waals surface area contributed by atoms with Crippen LogP contribution in [-0.4, -0.2) is 31.5 Å². The molecule has 118 valence electrons. The lowest BCUT2D eigenvalue weighted by Gasteiger charge is -2.23. The van der Waals surface area contributed by atoms with Crippen LogP contribution < -0.4 is 14.8 Å². The van der Waals surface area contributed by atoms with Crippen LogP contribution in [0.25, 0.3) is 0 Å². The number of nitrogens with one attached hydrogen (secondary N) is 1. The largest absolute Gasteiger partial charge is 0.497 e. The molecule has 0 bridgehead atoms. The monoisotopic (exact) mass is 313 g/mol. The van der Waals surface area contributed by atoms with Gasteiger partial charge in [-0.3, -0.25) is 4.79 Å². The molecule has 0 heterocycles. The summed E-state index contributed by atoms with van der Waals surface area (Å²) in [5.74, 6) is 1.42. The Morgan fingerprint density at radius 2 is 2.05 bits per heavy atom. The lowest BCUT2D eigenvalue weighted by molar-refractivity contribution is -0.120. The molecule has 0 radical (unpaired) electrons. The molecule has 1 aromatic rings. The van der Waals surface area contributed by atoms with E-state index in [9.17, 15) is 4.79 Å². The molecule has 1 unspecified atom stereocenters. The van der Waals surface area contributed by atoms with Crippen molar-refractivity contribution in [2.45, 2.75) is 38.5 Å². The molecule has 0 aromatic heterocycles. The number of hydrogen-bond donors (Lipinski definition) is 1. The van der Waals surface area contributed by atoms with Gasteiger partial charge in [-0.1, -0.05) is 20.8 Å². The van der Waals surface area contributed by atoms with Crippen LogP contribution in [0.2, 0.25) is 0 Å². The third kappa shape index (κ3) is 5.46. The quantitative estimate of drug-likeness (QED) is 0.648. The maximum absolute atomic E-state index is 11.3.